The Hall–Kier alpha value is -2.91. The molecule has 1 saturated carbocycles. The van der Waals surface area contributed by atoms with E-state index in [0.29, 0.717) is 22.9 Å². The van der Waals surface area contributed by atoms with Crippen molar-refractivity contribution in [2.24, 2.45) is 23.7 Å². The molecular formula is C24H24N2O3S. The zero-order chi connectivity index (χ0) is 21.6. The van der Waals surface area contributed by atoms with E-state index in [1.54, 1.807) is 0 Å². The van der Waals surface area contributed by atoms with Crippen molar-refractivity contribution in [1.29, 1.82) is 5.26 Å². The van der Waals surface area contributed by atoms with Crippen LogP contribution < -0.4 is 5.32 Å². The van der Waals surface area contributed by atoms with Crippen LogP contribution >= 0.6 is 11.3 Å². The predicted octanol–water partition coefficient (Wildman–Crippen LogP) is 5.18. The molecule has 0 aliphatic heterocycles. The number of thiophene rings is 1. The number of anilines is 1. The number of carbonyl (C=O) groups is 2. The molecule has 1 fully saturated rings. The van der Waals surface area contributed by atoms with E-state index in [0.717, 1.165) is 16.0 Å². The van der Waals surface area contributed by atoms with E-state index in [2.05, 4.69) is 37.4 Å². The van der Waals surface area contributed by atoms with Gasteiger partial charge >= 0.3 is 5.97 Å². The molecule has 30 heavy (non-hydrogen) atoms. The Kier molecular flexibility index (Phi) is 5.25. The molecule has 1 heterocycles. The van der Waals surface area contributed by atoms with Crippen molar-refractivity contribution < 1.29 is 14.7 Å². The van der Waals surface area contributed by atoms with Gasteiger partial charge in [0.1, 0.15) is 11.1 Å². The predicted molar refractivity (Wildman–Crippen MR) is 117 cm³/mol. The fourth-order valence-electron chi connectivity index (χ4n) is 4.83. The number of carboxylic acid groups (broad SMARTS) is 1. The van der Waals surface area contributed by atoms with Crippen molar-refractivity contribution in [3.8, 4) is 17.2 Å². The van der Waals surface area contributed by atoms with Gasteiger partial charge in [-0.1, -0.05) is 50.3 Å². The number of fused-ring (bicyclic) bond motifs is 2. The van der Waals surface area contributed by atoms with E-state index in [1.165, 1.54) is 16.9 Å². The highest BCUT2D eigenvalue weighted by atomic mass is 32.1. The molecule has 154 valence electrons. The van der Waals surface area contributed by atoms with Crippen LogP contribution in [0.5, 0.6) is 0 Å². The molecule has 1 aromatic heterocycles. The first-order valence-corrected chi connectivity index (χ1v) is 11.0. The second-order valence-electron chi connectivity index (χ2n) is 8.45. The fourth-order valence-corrected chi connectivity index (χ4v) is 5.86. The van der Waals surface area contributed by atoms with Crippen LogP contribution in [0.1, 0.15) is 42.2 Å². The Morgan fingerprint density at radius 1 is 1.17 bits per heavy atom. The molecule has 0 spiro atoms. The van der Waals surface area contributed by atoms with Gasteiger partial charge in [0, 0.05) is 10.4 Å². The van der Waals surface area contributed by atoms with Crippen molar-refractivity contribution in [1.82, 2.24) is 0 Å². The van der Waals surface area contributed by atoms with Crippen LogP contribution in [0.25, 0.3) is 11.1 Å². The van der Waals surface area contributed by atoms with Gasteiger partial charge in [-0.3, -0.25) is 9.59 Å². The fraction of sp³-hybridized carbons (Fsp3) is 0.375. The van der Waals surface area contributed by atoms with E-state index in [4.69, 9.17) is 0 Å². The minimum absolute atomic E-state index is 0.0502. The summed E-state index contributed by atoms with van der Waals surface area (Å²) in [5.74, 6) is -2.25. The second kappa shape index (κ2) is 7.73. The van der Waals surface area contributed by atoms with Crippen LogP contribution in [0, 0.1) is 41.9 Å². The molecule has 0 unspecified atom stereocenters. The van der Waals surface area contributed by atoms with E-state index in [9.17, 15) is 20.0 Å². The molecule has 0 saturated heterocycles. The van der Waals surface area contributed by atoms with E-state index >= 15 is 0 Å². The number of nitriles is 1. The molecule has 1 aromatic carbocycles. The Labute approximate surface area is 180 Å². The summed E-state index contributed by atoms with van der Waals surface area (Å²) in [6.07, 6.45) is 4.58. The number of allylic oxidation sites excluding steroid dienone is 2. The van der Waals surface area contributed by atoms with Gasteiger partial charge in [0.25, 0.3) is 0 Å². The maximum atomic E-state index is 13.1. The number of hydrogen-bond donors (Lipinski definition) is 2. The van der Waals surface area contributed by atoms with Crippen LogP contribution in [0.4, 0.5) is 5.00 Å². The minimum atomic E-state index is -0.930. The molecule has 6 heteroatoms. The van der Waals surface area contributed by atoms with Gasteiger partial charge < -0.3 is 10.4 Å². The summed E-state index contributed by atoms with van der Waals surface area (Å²) in [5.41, 5.74) is 3.43. The number of hydrogen-bond acceptors (Lipinski definition) is 4. The Morgan fingerprint density at radius 3 is 2.37 bits per heavy atom. The third kappa shape index (κ3) is 3.33. The molecule has 4 atom stereocenters. The first kappa shape index (κ1) is 20.4. The second-order valence-corrected chi connectivity index (χ2v) is 9.68. The smallest absolute Gasteiger partial charge is 0.307 e. The molecule has 2 aliphatic rings. The van der Waals surface area contributed by atoms with Gasteiger partial charge in [0.15, 0.2) is 0 Å². The summed E-state index contributed by atoms with van der Waals surface area (Å²) < 4.78 is 0. The van der Waals surface area contributed by atoms with Gasteiger partial charge in [0.2, 0.25) is 5.91 Å². The average molecular weight is 421 g/mol. The van der Waals surface area contributed by atoms with Gasteiger partial charge in [-0.05, 0) is 42.2 Å². The molecule has 5 nitrogen and oxygen atoms in total. The van der Waals surface area contributed by atoms with Crippen molar-refractivity contribution in [2.75, 3.05) is 5.32 Å². The average Bonchev–Trinajstić information content (AvgIpc) is 3.40. The Balaban J connectivity index is 1.64. The quantitative estimate of drug-likeness (QED) is 0.652. The van der Waals surface area contributed by atoms with E-state index in [-0.39, 0.29) is 17.7 Å². The summed E-state index contributed by atoms with van der Waals surface area (Å²) in [5, 5.41) is 22.8. The number of amides is 1. The molecule has 2 bridgehead atoms. The molecular weight excluding hydrogens is 396 g/mol. The van der Waals surface area contributed by atoms with Crippen LogP contribution in [-0.2, 0) is 9.59 Å². The third-order valence-electron chi connectivity index (χ3n) is 6.35. The third-order valence-corrected chi connectivity index (χ3v) is 7.37. The number of benzene rings is 1. The first-order chi connectivity index (χ1) is 14.3. The van der Waals surface area contributed by atoms with Gasteiger partial charge in [-0.15, -0.1) is 11.3 Å². The standard InChI is InChI=1S/C24H24N2O3S/c1-12(2)14-4-6-15(7-5-14)19-13(3)30-23(18(19)11-25)26-22(27)20-16-8-9-17(10-16)21(20)24(28)29/h4-9,12,16-17,20-21H,10H2,1-3H3,(H,26,27)(H,28,29)/t16-,17+,20-,21+/m1/s1. The summed E-state index contributed by atoms with van der Waals surface area (Å²) >= 11 is 1.37. The number of nitrogens with one attached hydrogen (secondary N) is 1. The largest absolute Gasteiger partial charge is 0.481 e. The minimum Gasteiger partial charge on any atom is -0.481 e. The van der Waals surface area contributed by atoms with Crippen molar-refractivity contribution in [2.45, 2.75) is 33.1 Å². The number of carboxylic acids is 1. The highest BCUT2D eigenvalue weighted by Crippen LogP contribution is 2.49. The zero-order valence-electron chi connectivity index (χ0n) is 17.2. The lowest BCUT2D eigenvalue weighted by Crippen LogP contribution is -2.36. The number of aliphatic carboxylic acids is 1. The van der Waals surface area contributed by atoms with Crippen molar-refractivity contribution >= 4 is 28.2 Å². The zero-order valence-corrected chi connectivity index (χ0v) is 18.0. The summed E-state index contributed by atoms with van der Waals surface area (Å²) in [6, 6.07) is 10.4. The van der Waals surface area contributed by atoms with Crippen molar-refractivity contribution in [3.05, 3.63) is 52.4 Å². The van der Waals surface area contributed by atoms with Crippen molar-refractivity contribution in [3.63, 3.8) is 0 Å². The van der Waals surface area contributed by atoms with E-state index < -0.39 is 17.8 Å². The lowest BCUT2D eigenvalue weighted by molar-refractivity contribution is -0.146. The van der Waals surface area contributed by atoms with Gasteiger partial charge in [-0.25, -0.2) is 0 Å². The van der Waals surface area contributed by atoms with E-state index in [1.807, 2.05) is 31.2 Å². The number of carbonyl (C=O) groups excluding carboxylic acids is 1. The van der Waals surface area contributed by atoms with Crippen LogP contribution in [0.2, 0.25) is 0 Å². The Bertz CT molecular complexity index is 1080. The Morgan fingerprint density at radius 2 is 1.80 bits per heavy atom. The summed E-state index contributed by atoms with van der Waals surface area (Å²) in [6.45, 7) is 6.20. The SMILES string of the molecule is Cc1sc(NC(=O)[C@H]2[C@@H](C(=O)O)[C@H]3C=C[C@@H]2C3)c(C#N)c1-c1ccc(C(C)C)cc1. The molecule has 2 N–H and O–H groups in total. The molecule has 0 radical (unpaired) electrons. The number of rotatable bonds is 5. The lowest BCUT2D eigenvalue weighted by Gasteiger charge is -2.23. The summed E-state index contributed by atoms with van der Waals surface area (Å²) in [7, 11) is 0. The summed E-state index contributed by atoms with van der Waals surface area (Å²) in [4.78, 5) is 25.7. The molecule has 2 aliphatic carbocycles. The van der Waals surface area contributed by atoms with Gasteiger partial charge in [0.05, 0.1) is 17.4 Å². The lowest BCUT2D eigenvalue weighted by atomic mass is 9.82. The maximum absolute atomic E-state index is 13.1. The van der Waals surface area contributed by atoms with Gasteiger partial charge in [-0.2, -0.15) is 5.26 Å². The monoisotopic (exact) mass is 420 g/mol. The molecule has 1 amide bonds. The molecule has 2 aromatic rings. The highest BCUT2D eigenvalue weighted by Gasteiger charge is 2.51. The highest BCUT2D eigenvalue weighted by molar-refractivity contribution is 7.17. The van der Waals surface area contributed by atoms with Crippen LogP contribution in [0.3, 0.4) is 0 Å². The van der Waals surface area contributed by atoms with Crippen LogP contribution in [0.15, 0.2) is 36.4 Å². The molecule has 4 rings (SSSR count). The van der Waals surface area contributed by atoms with Crippen LogP contribution in [-0.4, -0.2) is 17.0 Å². The number of aryl methyl sites for hydroxylation is 1. The normalized spacial score (nSPS) is 24.2. The topological polar surface area (TPSA) is 90.2 Å². The maximum Gasteiger partial charge on any atom is 0.307 e. The number of nitrogens with zero attached hydrogens (tertiary/aromatic N) is 1. The first-order valence-electron chi connectivity index (χ1n) is 10.2.